The van der Waals surface area contributed by atoms with Gasteiger partial charge in [-0.15, -0.1) is 0 Å². The van der Waals surface area contributed by atoms with E-state index >= 15 is 0 Å². The second-order valence-electron chi connectivity index (χ2n) is 6.03. The molecule has 8 heteroatoms. The average Bonchev–Trinajstić information content (AvgIpc) is 2.95. The third-order valence-electron chi connectivity index (χ3n) is 3.97. The summed E-state index contributed by atoms with van der Waals surface area (Å²) in [4.78, 5) is 37.2. The van der Waals surface area contributed by atoms with E-state index in [0.29, 0.717) is 22.9 Å². The molecular formula is C21H18ClNO5S. The summed E-state index contributed by atoms with van der Waals surface area (Å²) < 4.78 is 10.6. The van der Waals surface area contributed by atoms with E-state index in [1.165, 1.54) is 0 Å². The number of nitrogens with zero attached hydrogens (tertiary/aromatic N) is 1. The van der Waals surface area contributed by atoms with Crippen molar-refractivity contribution in [2.75, 3.05) is 13.2 Å². The quantitative estimate of drug-likeness (QED) is 0.474. The number of imide groups is 1. The van der Waals surface area contributed by atoms with Gasteiger partial charge in [0.2, 0.25) is 0 Å². The molecule has 0 aromatic heterocycles. The number of carbonyl (C=O) groups excluding carboxylic acids is 3. The SMILES string of the molecule is CCOC(=O)CN1C(=O)S/C(=C/c2cccc(OCc3ccccc3Cl)c2)C1=O. The smallest absolute Gasteiger partial charge is 0.326 e. The molecule has 2 aromatic rings. The van der Waals surface area contributed by atoms with Crippen molar-refractivity contribution < 1.29 is 23.9 Å². The molecule has 0 atom stereocenters. The number of thioether (sulfide) groups is 1. The molecule has 0 aliphatic carbocycles. The van der Waals surface area contributed by atoms with Crippen molar-refractivity contribution in [2.45, 2.75) is 13.5 Å². The second kappa shape index (κ2) is 9.62. The van der Waals surface area contributed by atoms with E-state index in [4.69, 9.17) is 21.1 Å². The van der Waals surface area contributed by atoms with Crippen molar-refractivity contribution in [2.24, 2.45) is 0 Å². The van der Waals surface area contributed by atoms with Crippen LogP contribution in [0.1, 0.15) is 18.1 Å². The first-order valence-electron chi connectivity index (χ1n) is 8.85. The fourth-order valence-corrected chi connectivity index (χ4v) is 3.62. The lowest BCUT2D eigenvalue weighted by molar-refractivity contribution is -0.145. The number of benzene rings is 2. The average molecular weight is 432 g/mol. The van der Waals surface area contributed by atoms with Gasteiger partial charge in [0.15, 0.2) is 0 Å². The lowest BCUT2D eigenvalue weighted by atomic mass is 10.2. The first-order valence-corrected chi connectivity index (χ1v) is 10.0. The molecule has 1 heterocycles. The molecule has 0 bridgehead atoms. The second-order valence-corrected chi connectivity index (χ2v) is 7.43. The minimum Gasteiger partial charge on any atom is -0.489 e. The van der Waals surface area contributed by atoms with Gasteiger partial charge >= 0.3 is 5.97 Å². The lowest BCUT2D eigenvalue weighted by Crippen LogP contribution is -2.34. The Kier molecular flexibility index (Phi) is 6.95. The molecule has 0 spiro atoms. The predicted octanol–water partition coefficient (Wildman–Crippen LogP) is 4.52. The van der Waals surface area contributed by atoms with E-state index in [1.807, 2.05) is 18.2 Å². The topological polar surface area (TPSA) is 72.9 Å². The Balaban J connectivity index is 1.70. The summed E-state index contributed by atoms with van der Waals surface area (Å²) in [6, 6.07) is 14.5. The Morgan fingerprint density at radius 2 is 1.97 bits per heavy atom. The summed E-state index contributed by atoms with van der Waals surface area (Å²) in [5.41, 5.74) is 1.56. The molecular weight excluding hydrogens is 414 g/mol. The van der Waals surface area contributed by atoms with E-state index in [-0.39, 0.29) is 11.5 Å². The predicted molar refractivity (Wildman–Crippen MR) is 112 cm³/mol. The third-order valence-corrected chi connectivity index (χ3v) is 5.25. The zero-order valence-corrected chi connectivity index (χ0v) is 17.2. The monoisotopic (exact) mass is 431 g/mol. The molecule has 0 saturated carbocycles. The van der Waals surface area contributed by atoms with E-state index in [0.717, 1.165) is 22.2 Å². The maximum absolute atomic E-state index is 12.5. The number of esters is 1. The van der Waals surface area contributed by atoms with E-state index in [2.05, 4.69) is 0 Å². The van der Waals surface area contributed by atoms with E-state index in [9.17, 15) is 14.4 Å². The summed E-state index contributed by atoms with van der Waals surface area (Å²) in [6.45, 7) is 1.76. The van der Waals surface area contributed by atoms with Gasteiger partial charge in [0.05, 0.1) is 11.5 Å². The Morgan fingerprint density at radius 1 is 1.17 bits per heavy atom. The van der Waals surface area contributed by atoms with Gasteiger partial charge in [-0.3, -0.25) is 19.3 Å². The zero-order valence-electron chi connectivity index (χ0n) is 15.6. The van der Waals surface area contributed by atoms with Crippen LogP contribution in [-0.4, -0.2) is 35.2 Å². The third kappa shape index (κ3) is 5.40. The summed E-state index contributed by atoms with van der Waals surface area (Å²) in [7, 11) is 0. The molecule has 1 aliphatic heterocycles. The molecule has 2 aromatic carbocycles. The van der Waals surface area contributed by atoms with Gasteiger partial charge in [0.25, 0.3) is 11.1 Å². The van der Waals surface area contributed by atoms with Gasteiger partial charge in [-0.05, 0) is 48.5 Å². The molecule has 29 heavy (non-hydrogen) atoms. The number of amides is 2. The van der Waals surface area contributed by atoms with Crippen LogP contribution in [0.4, 0.5) is 4.79 Å². The zero-order chi connectivity index (χ0) is 20.8. The summed E-state index contributed by atoms with van der Waals surface area (Å²) in [6.07, 6.45) is 1.60. The highest BCUT2D eigenvalue weighted by Gasteiger charge is 2.36. The number of carbonyl (C=O) groups is 3. The highest BCUT2D eigenvalue weighted by molar-refractivity contribution is 8.18. The first kappa shape index (κ1) is 21.0. The van der Waals surface area contributed by atoms with Crippen molar-refractivity contribution in [3.8, 4) is 5.75 Å². The van der Waals surface area contributed by atoms with Crippen LogP contribution >= 0.6 is 23.4 Å². The number of hydrogen-bond acceptors (Lipinski definition) is 6. The van der Waals surface area contributed by atoms with Crippen LogP contribution in [0.5, 0.6) is 5.75 Å². The molecule has 0 radical (unpaired) electrons. The number of rotatable bonds is 7. The minimum atomic E-state index is -0.619. The van der Waals surface area contributed by atoms with Crippen molar-refractivity contribution in [3.05, 3.63) is 69.6 Å². The van der Waals surface area contributed by atoms with Gasteiger partial charge in [0, 0.05) is 10.6 Å². The molecule has 2 amide bonds. The fraction of sp³-hybridized carbons (Fsp3) is 0.190. The van der Waals surface area contributed by atoms with Gasteiger partial charge < -0.3 is 9.47 Å². The number of hydrogen-bond donors (Lipinski definition) is 0. The molecule has 1 saturated heterocycles. The van der Waals surface area contributed by atoms with E-state index < -0.39 is 23.7 Å². The first-order chi connectivity index (χ1) is 14.0. The summed E-state index contributed by atoms with van der Waals surface area (Å²) in [5, 5.41) is 0.124. The van der Waals surface area contributed by atoms with Gasteiger partial charge in [0.1, 0.15) is 18.9 Å². The molecule has 1 aliphatic rings. The van der Waals surface area contributed by atoms with Gasteiger partial charge in [-0.1, -0.05) is 41.9 Å². The number of ether oxygens (including phenoxy) is 2. The normalized spacial score (nSPS) is 15.1. The van der Waals surface area contributed by atoms with Crippen molar-refractivity contribution in [1.82, 2.24) is 4.90 Å². The maximum Gasteiger partial charge on any atom is 0.326 e. The van der Waals surface area contributed by atoms with Crippen LogP contribution in [0.25, 0.3) is 6.08 Å². The van der Waals surface area contributed by atoms with Crippen molar-refractivity contribution in [3.63, 3.8) is 0 Å². The Hall–Kier alpha value is -2.77. The van der Waals surface area contributed by atoms with Crippen LogP contribution in [0.15, 0.2) is 53.4 Å². The maximum atomic E-state index is 12.5. The lowest BCUT2D eigenvalue weighted by Gasteiger charge is -2.10. The molecule has 1 fully saturated rings. The van der Waals surface area contributed by atoms with Crippen LogP contribution < -0.4 is 4.74 Å². The Bertz CT molecular complexity index is 975. The van der Waals surface area contributed by atoms with Crippen LogP contribution in [0.3, 0.4) is 0 Å². The highest BCUT2D eigenvalue weighted by Crippen LogP contribution is 2.32. The van der Waals surface area contributed by atoms with Crippen LogP contribution in [0, 0.1) is 0 Å². The molecule has 0 N–H and O–H groups in total. The van der Waals surface area contributed by atoms with Gasteiger partial charge in [-0.25, -0.2) is 0 Å². The molecule has 3 rings (SSSR count). The Labute approximate surface area is 177 Å². The molecule has 150 valence electrons. The highest BCUT2D eigenvalue weighted by atomic mass is 35.5. The Morgan fingerprint density at radius 3 is 2.72 bits per heavy atom. The fourth-order valence-electron chi connectivity index (χ4n) is 2.59. The van der Waals surface area contributed by atoms with Crippen LogP contribution in [-0.2, 0) is 20.9 Å². The standard InChI is InChI=1S/C21H18ClNO5S/c1-2-27-19(24)12-23-20(25)18(29-21(23)26)11-14-6-5-8-16(10-14)28-13-15-7-3-4-9-17(15)22/h3-11H,2,12-13H2,1H3/b18-11+. The summed E-state index contributed by atoms with van der Waals surface area (Å²) >= 11 is 6.92. The summed E-state index contributed by atoms with van der Waals surface area (Å²) in [5.74, 6) is -0.536. The van der Waals surface area contributed by atoms with Crippen molar-refractivity contribution in [1.29, 1.82) is 0 Å². The molecule has 0 unspecified atom stereocenters. The van der Waals surface area contributed by atoms with Crippen LogP contribution in [0.2, 0.25) is 5.02 Å². The van der Waals surface area contributed by atoms with Crippen molar-refractivity contribution >= 4 is 46.6 Å². The largest absolute Gasteiger partial charge is 0.489 e. The van der Waals surface area contributed by atoms with E-state index in [1.54, 1.807) is 43.3 Å². The molecule has 6 nitrogen and oxygen atoms in total. The van der Waals surface area contributed by atoms with Gasteiger partial charge in [-0.2, -0.15) is 0 Å². The minimum absolute atomic E-state index is 0.186. The number of halogens is 1.